The van der Waals surface area contributed by atoms with Gasteiger partial charge in [0.15, 0.2) is 0 Å². The number of hydrogen-bond acceptors (Lipinski definition) is 3. The number of hydrogen-bond donors (Lipinski definition) is 0. The maximum atomic E-state index is 11.0. The number of amides is 1. The van der Waals surface area contributed by atoms with Gasteiger partial charge >= 0.3 is 5.91 Å². The van der Waals surface area contributed by atoms with Crippen LogP contribution >= 0.6 is 0 Å². The minimum Gasteiger partial charge on any atom is -0.286 e. The van der Waals surface area contributed by atoms with Gasteiger partial charge < -0.3 is 0 Å². The molecule has 68 valence electrons. The summed E-state index contributed by atoms with van der Waals surface area (Å²) in [6, 6.07) is 0. The van der Waals surface area contributed by atoms with E-state index in [4.69, 9.17) is 4.84 Å². The fourth-order valence-electron chi connectivity index (χ4n) is 1.07. The third-order valence-corrected chi connectivity index (χ3v) is 1.78. The molecule has 0 spiro atoms. The second kappa shape index (κ2) is 4.21. The van der Waals surface area contributed by atoms with E-state index in [2.05, 4.69) is 6.92 Å². The van der Waals surface area contributed by atoms with Gasteiger partial charge in [-0.2, -0.15) is 0 Å². The molecule has 0 bridgehead atoms. The molecule has 0 aromatic carbocycles. The normalized spacial score (nSPS) is 17.6. The van der Waals surface area contributed by atoms with Gasteiger partial charge in [-0.25, -0.2) is 5.06 Å². The Morgan fingerprint density at radius 2 is 2.17 bits per heavy atom. The lowest BCUT2D eigenvalue weighted by Crippen LogP contribution is -2.27. The molecule has 4 nitrogen and oxygen atoms in total. The first-order valence-corrected chi connectivity index (χ1v) is 4.23. The lowest BCUT2D eigenvalue weighted by molar-refractivity contribution is -0.162. The highest BCUT2D eigenvalue weighted by atomic mass is 16.7. The molecule has 0 atom stereocenters. The molecule has 1 rings (SSSR count). The molecule has 1 heterocycles. The molecule has 0 N–H and O–H groups in total. The van der Waals surface area contributed by atoms with Gasteiger partial charge in [0, 0.05) is 6.54 Å². The van der Waals surface area contributed by atoms with Crippen LogP contribution in [0.5, 0.6) is 0 Å². The zero-order chi connectivity index (χ0) is 8.97. The van der Waals surface area contributed by atoms with Crippen molar-refractivity contribution in [3.8, 4) is 0 Å². The Hall–Kier alpha value is -0.900. The molecule has 0 radical (unpaired) electrons. The highest BCUT2D eigenvalue weighted by Gasteiger charge is 2.29. The Kier molecular flexibility index (Phi) is 3.22. The number of nitrogens with zero attached hydrogens (tertiary/aromatic N) is 1. The highest BCUT2D eigenvalue weighted by Crippen LogP contribution is 2.05. The zero-order valence-corrected chi connectivity index (χ0v) is 7.21. The third-order valence-electron chi connectivity index (χ3n) is 1.78. The first-order chi connectivity index (χ1) is 5.75. The van der Waals surface area contributed by atoms with Gasteiger partial charge in [-0.3, -0.25) is 14.4 Å². The van der Waals surface area contributed by atoms with Crippen LogP contribution in [0.2, 0.25) is 0 Å². The summed E-state index contributed by atoms with van der Waals surface area (Å²) < 4.78 is 0. The van der Waals surface area contributed by atoms with Gasteiger partial charge in [-0.05, 0) is 6.42 Å². The van der Waals surface area contributed by atoms with Crippen LogP contribution in [0.3, 0.4) is 0 Å². The van der Waals surface area contributed by atoms with E-state index >= 15 is 0 Å². The van der Waals surface area contributed by atoms with Gasteiger partial charge in [0.2, 0.25) is 0 Å². The summed E-state index contributed by atoms with van der Waals surface area (Å²) in [4.78, 5) is 26.5. The molecule has 1 fully saturated rings. The first kappa shape index (κ1) is 9.19. The number of rotatable bonds is 4. The van der Waals surface area contributed by atoms with Crippen LogP contribution in [0.1, 0.15) is 26.2 Å². The van der Waals surface area contributed by atoms with Crippen LogP contribution in [-0.4, -0.2) is 29.9 Å². The average molecular weight is 171 g/mol. The smallest absolute Gasteiger partial charge is 0.286 e. The van der Waals surface area contributed by atoms with E-state index in [1.807, 2.05) is 0 Å². The van der Waals surface area contributed by atoms with E-state index in [9.17, 15) is 9.59 Å². The summed E-state index contributed by atoms with van der Waals surface area (Å²) >= 11 is 0. The molecule has 1 aliphatic rings. The Morgan fingerprint density at radius 3 is 2.67 bits per heavy atom. The van der Waals surface area contributed by atoms with Crippen molar-refractivity contribution in [3.05, 3.63) is 0 Å². The van der Waals surface area contributed by atoms with Crippen molar-refractivity contribution in [2.75, 3.05) is 13.2 Å². The minimum atomic E-state index is -0.494. The largest absolute Gasteiger partial charge is 0.316 e. The fourth-order valence-corrected chi connectivity index (χ4v) is 1.07. The molecule has 1 amide bonds. The number of ketones is 1. The molecule has 1 saturated heterocycles. The molecule has 4 heteroatoms. The summed E-state index contributed by atoms with van der Waals surface area (Å²) in [5, 5.41) is 1.16. The average Bonchev–Trinajstić information content (AvgIpc) is 2.36. The van der Waals surface area contributed by atoms with Crippen molar-refractivity contribution in [1.29, 1.82) is 0 Å². The maximum absolute atomic E-state index is 11.0. The molecule has 12 heavy (non-hydrogen) atoms. The predicted molar refractivity (Wildman–Crippen MR) is 42.2 cm³/mol. The number of unbranched alkanes of at least 4 members (excludes halogenated alkanes) is 2. The molecule has 0 saturated carbocycles. The van der Waals surface area contributed by atoms with Crippen molar-refractivity contribution in [1.82, 2.24) is 5.06 Å². The summed E-state index contributed by atoms with van der Waals surface area (Å²) in [6.45, 7) is 2.54. The van der Waals surface area contributed by atoms with Gasteiger partial charge in [0.1, 0.15) is 6.61 Å². The first-order valence-electron chi connectivity index (χ1n) is 4.23. The maximum Gasteiger partial charge on any atom is 0.316 e. The van der Waals surface area contributed by atoms with Crippen molar-refractivity contribution >= 4 is 11.7 Å². The van der Waals surface area contributed by atoms with Crippen molar-refractivity contribution in [2.45, 2.75) is 26.2 Å². The van der Waals surface area contributed by atoms with Crippen molar-refractivity contribution in [2.24, 2.45) is 0 Å². The Bertz CT molecular complexity index is 191. The van der Waals surface area contributed by atoms with Crippen LogP contribution in [0, 0.1) is 0 Å². The van der Waals surface area contributed by atoms with E-state index in [0.717, 1.165) is 24.3 Å². The van der Waals surface area contributed by atoms with Crippen LogP contribution in [0.25, 0.3) is 0 Å². The van der Waals surface area contributed by atoms with Gasteiger partial charge in [-0.1, -0.05) is 19.8 Å². The SMILES string of the molecule is CCCCCN1OCC(=O)C1=O. The van der Waals surface area contributed by atoms with Crippen LogP contribution in [0.4, 0.5) is 0 Å². The Labute approximate surface area is 71.4 Å². The van der Waals surface area contributed by atoms with E-state index in [1.165, 1.54) is 0 Å². The van der Waals surface area contributed by atoms with E-state index in [1.54, 1.807) is 0 Å². The standard InChI is InChI=1S/C8H13NO3/c1-2-3-4-5-9-8(11)7(10)6-12-9/h2-6H2,1H3. The molecule has 0 aliphatic carbocycles. The van der Waals surface area contributed by atoms with Gasteiger partial charge in [0.25, 0.3) is 5.78 Å². The number of carbonyl (C=O) groups excluding carboxylic acids is 2. The molecule has 1 aliphatic heterocycles. The lowest BCUT2D eigenvalue weighted by atomic mass is 10.2. The van der Waals surface area contributed by atoms with Gasteiger partial charge in [0.05, 0.1) is 0 Å². The predicted octanol–water partition coefficient (Wildman–Crippen LogP) is 0.520. The van der Waals surface area contributed by atoms with E-state index in [0.29, 0.717) is 6.54 Å². The molecular weight excluding hydrogens is 158 g/mol. The minimum absolute atomic E-state index is 0.0784. The summed E-state index contributed by atoms with van der Waals surface area (Å²) in [5.74, 6) is -0.933. The third kappa shape index (κ3) is 2.04. The van der Waals surface area contributed by atoms with Crippen molar-refractivity contribution < 1.29 is 14.4 Å². The molecule has 0 aromatic rings. The Balaban J connectivity index is 2.25. The van der Waals surface area contributed by atoms with Gasteiger partial charge in [-0.15, -0.1) is 0 Å². The number of Topliss-reactive ketones (excluding diaryl/α,β-unsaturated/α-hetero) is 1. The second-order valence-corrected chi connectivity index (χ2v) is 2.81. The quantitative estimate of drug-likeness (QED) is 0.457. The van der Waals surface area contributed by atoms with Crippen molar-refractivity contribution in [3.63, 3.8) is 0 Å². The second-order valence-electron chi connectivity index (χ2n) is 2.81. The number of carbonyl (C=O) groups is 2. The fraction of sp³-hybridized carbons (Fsp3) is 0.750. The van der Waals surface area contributed by atoms with Crippen LogP contribution < -0.4 is 0 Å². The van der Waals surface area contributed by atoms with Crippen LogP contribution in [0.15, 0.2) is 0 Å². The molecule has 0 unspecified atom stereocenters. The highest BCUT2D eigenvalue weighted by molar-refractivity contribution is 6.37. The summed E-state index contributed by atoms with van der Waals surface area (Å²) in [5.41, 5.74) is 0. The lowest BCUT2D eigenvalue weighted by Gasteiger charge is -2.11. The molecular formula is C8H13NO3. The number of hydroxylamine groups is 2. The van der Waals surface area contributed by atoms with Crippen LogP contribution in [-0.2, 0) is 14.4 Å². The zero-order valence-electron chi connectivity index (χ0n) is 7.21. The summed E-state index contributed by atoms with van der Waals surface area (Å²) in [7, 11) is 0. The molecule has 0 aromatic heterocycles. The Morgan fingerprint density at radius 1 is 1.42 bits per heavy atom. The summed E-state index contributed by atoms with van der Waals surface area (Å²) in [6.07, 6.45) is 3.05. The topological polar surface area (TPSA) is 46.6 Å². The monoisotopic (exact) mass is 171 g/mol. The van der Waals surface area contributed by atoms with E-state index < -0.39 is 11.7 Å². The van der Waals surface area contributed by atoms with E-state index in [-0.39, 0.29) is 6.61 Å².